The average molecular weight is 305 g/mol. The number of para-hydroxylation sites is 1. The van der Waals surface area contributed by atoms with E-state index >= 15 is 0 Å². The fourth-order valence-electron chi connectivity index (χ4n) is 2.97. The van der Waals surface area contributed by atoms with Gasteiger partial charge in [-0.3, -0.25) is 4.79 Å². The van der Waals surface area contributed by atoms with Crippen molar-refractivity contribution in [3.05, 3.63) is 53.6 Å². The standard InChI is InChI=1S/C18H19N3O/c1-12-19-9-10-21(12)11-13-7-8-16-17(18(13)22)14-5-3-4-6-15(14)20(16)2/h3-6,9-10,13H,7-8,11H2,1-2H3/i1D3,2D3,3D,4D,5D,6D,9D,10D. The molecule has 0 radical (unpaired) electrons. The lowest BCUT2D eigenvalue weighted by atomic mass is 9.85. The Balaban J connectivity index is 1.93. The van der Waals surface area contributed by atoms with E-state index in [4.69, 9.17) is 16.4 Å². The number of benzene rings is 1. The molecular weight excluding hydrogens is 274 g/mol. The van der Waals surface area contributed by atoms with E-state index in [1.54, 1.807) is 0 Å². The molecule has 0 spiro atoms. The zero-order chi connectivity index (χ0) is 25.5. The van der Waals surface area contributed by atoms with Gasteiger partial charge in [0.25, 0.3) is 0 Å². The number of carbonyl (C=O) groups is 1. The predicted molar refractivity (Wildman–Crippen MR) is 86.0 cm³/mol. The average Bonchev–Trinajstić information content (AvgIpc) is 3.23. The number of hydrogen-bond donors (Lipinski definition) is 0. The number of ketones is 1. The van der Waals surface area contributed by atoms with Gasteiger partial charge in [0.2, 0.25) is 0 Å². The van der Waals surface area contributed by atoms with Gasteiger partial charge in [-0.25, -0.2) is 4.98 Å². The predicted octanol–water partition coefficient (Wildman–Crippen LogP) is 3.13. The molecule has 4 rings (SSSR count). The molecule has 1 aliphatic carbocycles. The van der Waals surface area contributed by atoms with E-state index in [0.717, 1.165) is 9.13 Å². The third-order valence-electron chi connectivity index (χ3n) is 4.05. The Kier molecular flexibility index (Phi) is 1.25. The molecule has 4 nitrogen and oxygen atoms in total. The Labute approximate surface area is 146 Å². The van der Waals surface area contributed by atoms with E-state index in [0.29, 0.717) is 0 Å². The molecule has 0 saturated heterocycles. The van der Waals surface area contributed by atoms with E-state index in [-0.39, 0.29) is 41.5 Å². The number of nitrogens with zero attached hydrogens (tertiary/aromatic N) is 3. The molecule has 0 aliphatic heterocycles. The quantitative estimate of drug-likeness (QED) is 0.730. The lowest BCUT2D eigenvalue weighted by Gasteiger charge is -2.23. The zero-order valence-electron chi connectivity index (χ0n) is 23.4. The summed E-state index contributed by atoms with van der Waals surface area (Å²) in [7, 11) is 0. The maximum Gasteiger partial charge on any atom is 0.170 e. The van der Waals surface area contributed by atoms with Crippen molar-refractivity contribution in [2.24, 2.45) is 12.9 Å². The van der Waals surface area contributed by atoms with Crippen LogP contribution in [0.2, 0.25) is 0 Å². The molecule has 2 heterocycles. The first-order valence-corrected chi connectivity index (χ1v) is 6.79. The number of fused-ring (bicyclic) bond motifs is 3. The van der Waals surface area contributed by atoms with Gasteiger partial charge in [-0.1, -0.05) is 18.1 Å². The molecule has 4 heteroatoms. The molecular formula is C18H19N3O. The van der Waals surface area contributed by atoms with Gasteiger partial charge in [-0.05, 0) is 25.7 Å². The van der Waals surface area contributed by atoms with Gasteiger partial charge in [0, 0.05) is 62.2 Å². The van der Waals surface area contributed by atoms with Crippen LogP contribution in [-0.2, 0) is 19.9 Å². The zero-order valence-corrected chi connectivity index (χ0v) is 11.4. The highest BCUT2D eigenvalue weighted by Crippen LogP contribution is 2.34. The molecule has 1 atom stereocenters. The van der Waals surface area contributed by atoms with Crippen molar-refractivity contribution in [2.75, 3.05) is 0 Å². The van der Waals surface area contributed by atoms with Crippen LogP contribution in [0.3, 0.4) is 0 Å². The van der Waals surface area contributed by atoms with Crippen molar-refractivity contribution in [3.8, 4) is 0 Å². The fourth-order valence-corrected chi connectivity index (χ4v) is 2.97. The van der Waals surface area contributed by atoms with Crippen molar-refractivity contribution in [1.29, 1.82) is 0 Å². The minimum atomic E-state index is -2.82. The van der Waals surface area contributed by atoms with Gasteiger partial charge in [0.05, 0.1) is 8.22 Å². The molecule has 0 N–H and O–H groups in total. The monoisotopic (exact) mass is 305 g/mol. The summed E-state index contributed by atoms with van der Waals surface area (Å²) in [6.45, 7) is -5.83. The van der Waals surface area contributed by atoms with Crippen LogP contribution in [-0.4, -0.2) is 19.9 Å². The first-order chi connectivity index (χ1) is 15.6. The molecule has 1 unspecified atom stereocenters. The number of Topliss-reactive ketones (excluding diaryl/α,β-unsaturated/α-hetero) is 1. The Bertz CT molecular complexity index is 1350. The lowest BCUT2D eigenvalue weighted by molar-refractivity contribution is 0.0888. The van der Waals surface area contributed by atoms with E-state index in [1.807, 2.05) is 0 Å². The van der Waals surface area contributed by atoms with Gasteiger partial charge in [0.15, 0.2) is 5.78 Å². The SMILES string of the molecule is [2H]c1nc(C([2H])([2H])[2H])n(CC2CCc3c(c4c([2H])c([2H])c([2H])c([2H])c4n3C([2H])([2H])[2H])C2=O)c1[2H]. The summed E-state index contributed by atoms with van der Waals surface area (Å²) in [5, 5.41) is -0.194. The largest absolute Gasteiger partial charge is 0.347 e. The summed E-state index contributed by atoms with van der Waals surface area (Å²) in [5.41, 5.74) is -0.356. The van der Waals surface area contributed by atoms with E-state index in [9.17, 15) is 4.79 Å². The second-order valence-corrected chi connectivity index (χ2v) is 5.25. The van der Waals surface area contributed by atoms with Gasteiger partial charge in [0.1, 0.15) is 5.82 Å². The highest BCUT2D eigenvalue weighted by atomic mass is 16.1. The third-order valence-corrected chi connectivity index (χ3v) is 4.05. The van der Waals surface area contributed by atoms with Crippen LogP contribution in [0.25, 0.3) is 10.9 Å². The minimum absolute atomic E-state index is 0.0389. The molecule has 0 fully saturated rings. The molecule has 0 bridgehead atoms. The van der Waals surface area contributed by atoms with Crippen molar-refractivity contribution in [3.63, 3.8) is 0 Å². The third kappa shape index (κ3) is 1.83. The molecule has 22 heavy (non-hydrogen) atoms. The number of carbonyl (C=O) groups excluding carboxylic acids is 1. The molecule has 1 aliphatic rings. The summed E-state index contributed by atoms with van der Waals surface area (Å²) in [4.78, 5) is 17.2. The fraction of sp³-hybridized carbons (Fsp3) is 0.333. The van der Waals surface area contributed by atoms with Crippen LogP contribution in [0.5, 0.6) is 0 Å². The van der Waals surface area contributed by atoms with Crippen LogP contribution in [0.4, 0.5) is 0 Å². The molecule has 0 saturated carbocycles. The molecule has 1 aromatic carbocycles. The van der Waals surface area contributed by atoms with Crippen molar-refractivity contribution in [1.82, 2.24) is 14.1 Å². The summed E-state index contributed by atoms with van der Waals surface area (Å²) in [6.07, 6.45) is -0.900. The summed E-state index contributed by atoms with van der Waals surface area (Å²) in [5.74, 6) is -2.04. The van der Waals surface area contributed by atoms with Crippen molar-refractivity contribution >= 4 is 16.7 Å². The number of aromatic nitrogens is 3. The summed E-state index contributed by atoms with van der Waals surface area (Å²) < 4.78 is 96.8. The highest BCUT2D eigenvalue weighted by Gasteiger charge is 2.32. The van der Waals surface area contributed by atoms with Crippen molar-refractivity contribution in [2.45, 2.75) is 26.2 Å². The second-order valence-electron chi connectivity index (χ2n) is 5.25. The molecule has 112 valence electrons. The lowest BCUT2D eigenvalue weighted by Crippen LogP contribution is -2.27. The number of imidazole rings is 1. The van der Waals surface area contributed by atoms with E-state index < -0.39 is 67.9 Å². The second kappa shape index (κ2) is 4.83. The Morgan fingerprint density at radius 3 is 3.23 bits per heavy atom. The first-order valence-electron chi connectivity index (χ1n) is 12.8. The Hall–Kier alpha value is -2.36. The minimum Gasteiger partial charge on any atom is -0.347 e. The smallest absolute Gasteiger partial charge is 0.170 e. The van der Waals surface area contributed by atoms with Gasteiger partial charge < -0.3 is 9.13 Å². The molecule has 2 aromatic heterocycles. The summed E-state index contributed by atoms with van der Waals surface area (Å²) in [6, 6.07) is -2.34. The van der Waals surface area contributed by atoms with Gasteiger partial charge >= 0.3 is 0 Å². The van der Waals surface area contributed by atoms with Crippen molar-refractivity contribution < 1.29 is 21.2 Å². The number of rotatable bonds is 2. The Morgan fingerprint density at radius 1 is 1.45 bits per heavy atom. The van der Waals surface area contributed by atoms with Gasteiger partial charge in [-0.15, -0.1) is 0 Å². The van der Waals surface area contributed by atoms with Crippen LogP contribution in [0.15, 0.2) is 36.5 Å². The van der Waals surface area contributed by atoms with Gasteiger partial charge in [-0.2, -0.15) is 0 Å². The maximum absolute atomic E-state index is 13.6. The normalized spacial score (nSPS) is 26.9. The molecule has 0 amide bonds. The van der Waals surface area contributed by atoms with Crippen LogP contribution in [0.1, 0.15) is 44.7 Å². The van der Waals surface area contributed by atoms with Crippen LogP contribution >= 0.6 is 0 Å². The number of hydrogen-bond acceptors (Lipinski definition) is 2. The van der Waals surface area contributed by atoms with E-state index in [2.05, 4.69) is 4.98 Å². The highest BCUT2D eigenvalue weighted by molar-refractivity contribution is 6.11. The number of aryl methyl sites for hydroxylation is 2. The van der Waals surface area contributed by atoms with E-state index in [1.165, 1.54) is 0 Å². The first kappa shape index (κ1) is 5.69. The molecule has 3 aromatic rings. The Morgan fingerprint density at radius 2 is 2.36 bits per heavy atom. The maximum atomic E-state index is 13.6. The topological polar surface area (TPSA) is 39.8 Å². The van der Waals surface area contributed by atoms with Crippen LogP contribution in [0, 0.1) is 12.8 Å². The summed E-state index contributed by atoms with van der Waals surface area (Å²) >= 11 is 0. The van der Waals surface area contributed by atoms with Crippen LogP contribution < -0.4 is 0 Å².